The molecule has 0 saturated heterocycles. The van der Waals surface area contributed by atoms with Crippen LogP contribution in [0.2, 0.25) is 0 Å². The molecule has 0 radical (unpaired) electrons. The molecule has 0 fully saturated rings. The van der Waals surface area contributed by atoms with E-state index in [1.165, 1.54) is 5.56 Å². The van der Waals surface area contributed by atoms with Gasteiger partial charge in [0, 0.05) is 6.42 Å². The number of esters is 1. The topological polar surface area (TPSA) is 46.5 Å². The monoisotopic (exact) mass is 390 g/mol. The maximum Gasteiger partial charge on any atom is 0.305 e. The molecule has 1 N–H and O–H groups in total. The van der Waals surface area contributed by atoms with Gasteiger partial charge >= 0.3 is 5.97 Å². The zero-order valence-corrected chi connectivity index (χ0v) is 19.6. The Morgan fingerprint density at radius 1 is 0.964 bits per heavy atom. The molecule has 3 nitrogen and oxygen atoms in total. The number of hydrogen-bond acceptors (Lipinski definition) is 3. The molecule has 28 heavy (non-hydrogen) atoms. The molecular weight excluding hydrogens is 348 g/mol. The van der Waals surface area contributed by atoms with Crippen LogP contribution in [0, 0.1) is 5.92 Å². The average molecular weight is 391 g/mol. The van der Waals surface area contributed by atoms with Crippen molar-refractivity contribution >= 4 is 5.97 Å². The van der Waals surface area contributed by atoms with Crippen molar-refractivity contribution < 1.29 is 14.6 Å². The first-order valence-electron chi connectivity index (χ1n) is 10.8. The lowest BCUT2D eigenvalue weighted by molar-refractivity contribution is -0.143. The van der Waals surface area contributed by atoms with Crippen molar-refractivity contribution in [3.05, 3.63) is 28.8 Å². The highest BCUT2D eigenvalue weighted by atomic mass is 16.5. The summed E-state index contributed by atoms with van der Waals surface area (Å²) in [4.78, 5) is 11.6. The van der Waals surface area contributed by atoms with E-state index in [4.69, 9.17) is 4.74 Å². The summed E-state index contributed by atoms with van der Waals surface area (Å²) in [6, 6.07) is 4.36. The fourth-order valence-corrected chi connectivity index (χ4v) is 3.47. The van der Waals surface area contributed by atoms with Crippen LogP contribution in [0.5, 0.6) is 5.75 Å². The van der Waals surface area contributed by atoms with E-state index in [1.807, 2.05) is 6.92 Å². The summed E-state index contributed by atoms with van der Waals surface area (Å²) in [5.74, 6) is 1.22. The van der Waals surface area contributed by atoms with Crippen LogP contribution in [0.4, 0.5) is 0 Å². The van der Waals surface area contributed by atoms with Crippen molar-refractivity contribution in [1.82, 2.24) is 0 Å². The van der Waals surface area contributed by atoms with Gasteiger partial charge < -0.3 is 9.84 Å². The highest BCUT2D eigenvalue weighted by molar-refractivity contribution is 5.68. The molecule has 0 aromatic heterocycles. The van der Waals surface area contributed by atoms with Crippen LogP contribution in [-0.4, -0.2) is 17.7 Å². The summed E-state index contributed by atoms with van der Waals surface area (Å²) in [5.41, 5.74) is 2.96. The van der Waals surface area contributed by atoms with Gasteiger partial charge in [0.2, 0.25) is 0 Å². The Bertz CT molecular complexity index is 610. The summed E-state index contributed by atoms with van der Waals surface area (Å²) in [5, 5.41) is 11.0. The Morgan fingerprint density at radius 2 is 1.46 bits per heavy atom. The van der Waals surface area contributed by atoms with Gasteiger partial charge in [0.25, 0.3) is 0 Å². The van der Waals surface area contributed by atoms with Gasteiger partial charge in [-0.05, 0) is 52.2 Å². The molecule has 160 valence electrons. The molecule has 0 heterocycles. The molecule has 0 amide bonds. The zero-order valence-electron chi connectivity index (χ0n) is 19.6. The maximum atomic E-state index is 11.6. The molecule has 0 aliphatic heterocycles. The summed E-state index contributed by atoms with van der Waals surface area (Å²) in [7, 11) is 0. The van der Waals surface area contributed by atoms with E-state index in [-0.39, 0.29) is 16.8 Å². The van der Waals surface area contributed by atoms with Crippen molar-refractivity contribution in [2.45, 2.75) is 105 Å². The van der Waals surface area contributed by atoms with Crippen LogP contribution in [0.15, 0.2) is 12.1 Å². The van der Waals surface area contributed by atoms with Gasteiger partial charge in [-0.25, -0.2) is 0 Å². The van der Waals surface area contributed by atoms with E-state index in [0.717, 1.165) is 30.4 Å². The summed E-state index contributed by atoms with van der Waals surface area (Å²) in [6.07, 6.45) is 3.41. The number of hydrogen-bond donors (Lipinski definition) is 1. The number of carbonyl (C=O) groups is 1. The number of carbonyl (C=O) groups excluding carboxylic acids is 1. The second kappa shape index (κ2) is 9.80. The van der Waals surface area contributed by atoms with Crippen molar-refractivity contribution in [2.75, 3.05) is 6.61 Å². The molecule has 1 aromatic carbocycles. The first-order valence-corrected chi connectivity index (χ1v) is 10.8. The molecule has 1 aromatic rings. The van der Waals surface area contributed by atoms with Crippen molar-refractivity contribution in [1.29, 1.82) is 0 Å². The molecule has 0 saturated carbocycles. The minimum Gasteiger partial charge on any atom is -0.507 e. The van der Waals surface area contributed by atoms with Gasteiger partial charge in [0.15, 0.2) is 0 Å². The first kappa shape index (κ1) is 24.5. The predicted molar refractivity (Wildman–Crippen MR) is 118 cm³/mol. The zero-order chi connectivity index (χ0) is 21.7. The Morgan fingerprint density at radius 3 is 1.86 bits per heavy atom. The Kier molecular flexibility index (Phi) is 8.59. The van der Waals surface area contributed by atoms with Crippen LogP contribution in [-0.2, 0) is 20.4 Å². The van der Waals surface area contributed by atoms with E-state index in [9.17, 15) is 9.90 Å². The predicted octanol–water partition coefficient (Wildman–Crippen LogP) is 6.85. The minimum atomic E-state index is -0.142. The summed E-state index contributed by atoms with van der Waals surface area (Å²) < 4.78 is 5.38. The smallest absolute Gasteiger partial charge is 0.305 e. The lowest BCUT2D eigenvalue weighted by Gasteiger charge is -2.30. The Labute approximate surface area is 172 Å². The molecule has 0 aliphatic rings. The lowest BCUT2D eigenvalue weighted by atomic mass is 9.76. The van der Waals surface area contributed by atoms with Crippen LogP contribution >= 0.6 is 0 Å². The van der Waals surface area contributed by atoms with Gasteiger partial charge in [-0.15, -0.1) is 0 Å². The van der Waals surface area contributed by atoms with Gasteiger partial charge in [0.1, 0.15) is 5.75 Å². The second-order valence-corrected chi connectivity index (χ2v) is 10.5. The molecule has 1 rings (SSSR count). The maximum absolute atomic E-state index is 11.6. The quantitative estimate of drug-likeness (QED) is 0.494. The number of phenolic OH excluding ortho intramolecular Hbond substituents is 1. The minimum absolute atomic E-state index is 0.140. The lowest BCUT2D eigenvalue weighted by Crippen LogP contribution is -2.19. The third kappa shape index (κ3) is 7.14. The number of aromatic hydroxyl groups is 1. The third-order valence-electron chi connectivity index (χ3n) is 5.33. The first-order chi connectivity index (χ1) is 12.8. The number of ether oxygens (including phenoxy) is 1. The van der Waals surface area contributed by atoms with Gasteiger partial charge in [-0.3, -0.25) is 4.79 Å². The van der Waals surface area contributed by atoms with Gasteiger partial charge in [-0.1, -0.05) is 80.9 Å². The molecule has 1 unspecified atom stereocenters. The highest BCUT2D eigenvalue weighted by Crippen LogP contribution is 2.42. The van der Waals surface area contributed by atoms with Gasteiger partial charge in [0.05, 0.1) is 6.61 Å². The second-order valence-electron chi connectivity index (χ2n) is 10.5. The van der Waals surface area contributed by atoms with E-state index in [2.05, 4.69) is 67.5 Å². The van der Waals surface area contributed by atoms with E-state index < -0.39 is 0 Å². The Hall–Kier alpha value is -1.51. The normalized spacial score (nSPS) is 13.6. The molecule has 1 atom stereocenters. The van der Waals surface area contributed by atoms with Crippen LogP contribution < -0.4 is 0 Å². The van der Waals surface area contributed by atoms with E-state index >= 15 is 0 Å². The number of benzene rings is 1. The summed E-state index contributed by atoms with van der Waals surface area (Å²) in [6.45, 7) is 19.6. The molecule has 0 spiro atoms. The van der Waals surface area contributed by atoms with Crippen LogP contribution in [0.25, 0.3) is 0 Å². The SMILES string of the molecule is CCC(=O)OCCC(CCC(C)C)c1cc(C(C)(C)C)c(O)c(C(C)(C)C)c1. The average Bonchev–Trinajstić information content (AvgIpc) is 2.55. The standard InChI is InChI=1S/C25H42O3/c1-10-22(26)28-14-13-18(12-11-17(2)3)19-15-20(24(4,5)6)23(27)21(16-19)25(7,8)9/h15-18,27H,10-14H2,1-9H3. The number of rotatable bonds is 8. The summed E-state index contributed by atoms with van der Waals surface area (Å²) >= 11 is 0. The molecular formula is C25H42O3. The van der Waals surface area contributed by atoms with Crippen molar-refractivity contribution in [2.24, 2.45) is 5.92 Å². The molecule has 3 heteroatoms. The largest absolute Gasteiger partial charge is 0.507 e. The van der Waals surface area contributed by atoms with Gasteiger partial charge in [-0.2, -0.15) is 0 Å². The fourth-order valence-electron chi connectivity index (χ4n) is 3.47. The number of phenols is 1. The van der Waals surface area contributed by atoms with Crippen LogP contribution in [0.3, 0.4) is 0 Å². The van der Waals surface area contributed by atoms with Crippen molar-refractivity contribution in [3.8, 4) is 5.75 Å². The van der Waals surface area contributed by atoms with Crippen LogP contribution in [0.1, 0.15) is 111 Å². The van der Waals surface area contributed by atoms with Crippen molar-refractivity contribution in [3.63, 3.8) is 0 Å². The van der Waals surface area contributed by atoms with E-state index in [1.54, 1.807) is 0 Å². The fraction of sp³-hybridized carbons (Fsp3) is 0.720. The Balaban J connectivity index is 3.34. The molecule has 0 bridgehead atoms. The van der Waals surface area contributed by atoms with E-state index in [0.29, 0.717) is 30.6 Å². The highest BCUT2D eigenvalue weighted by Gasteiger charge is 2.28. The third-order valence-corrected chi connectivity index (χ3v) is 5.33. The molecule has 0 aliphatic carbocycles.